The summed E-state index contributed by atoms with van der Waals surface area (Å²) in [5.74, 6) is -0.686. The molecule has 8 heteroatoms. The Bertz CT molecular complexity index is 1060. The normalized spacial score (nSPS) is 19.2. The van der Waals surface area contributed by atoms with Gasteiger partial charge in [-0.25, -0.2) is 0 Å². The third kappa shape index (κ3) is 3.76. The minimum Gasteiger partial charge on any atom is -0.286 e. The first-order valence-electron chi connectivity index (χ1n) is 9.67. The number of hydrogen-bond donors (Lipinski definition) is 2. The molecule has 3 aromatic rings. The van der Waals surface area contributed by atoms with Gasteiger partial charge in [0.2, 0.25) is 0 Å². The van der Waals surface area contributed by atoms with Crippen LogP contribution in [0.5, 0.6) is 0 Å². The molecule has 0 aromatic heterocycles. The Labute approximate surface area is 186 Å². The molecule has 0 radical (unpaired) electrons. The van der Waals surface area contributed by atoms with Gasteiger partial charge in [0, 0.05) is 0 Å². The lowest BCUT2D eigenvalue weighted by molar-refractivity contribution is -0.139. The van der Waals surface area contributed by atoms with Crippen LogP contribution in [-0.4, -0.2) is 40.9 Å². The second-order valence-electron chi connectivity index (χ2n) is 7.21. The van der Waals surface area contributed by atoms with Gasteiger partial charge in [-0.15, -0.1) is 11.8 Å². The van der Waals surface area contributed by atoms with Crippen LogP contribution in [0, 0.1) is 0 Å². The first-order valence-corrected chi connectivity index (χ1v) is 12.4. The number of benzene rings is 3. The Hall–Kier alpha value is -2.65. The van der Waals surface area contributed by atoms with Crippen molar-refractivity contribution < 1.29 is 17.8 Å². The zero-order chi connectivity index (χ0) is 22.1. The van der Waals surface area contributed by atoms with Crippen molar-refractivity contribution in [1.82, 2.24) is 9.62 Å². The van der Waals surface area contributed by atoms with Crippen LogP contribution in [0.1, 0.15) is 16.7 Å². The van der Waals surface area contributed by atoms with E-state index in [1.54, 1.807) is 6.26 Å². The van der Waals surface area contributed by atoms with Crippen LogP contribution >= 0.6 is 11.8 Å². The van der Waals surface area contributed by atoms with Crippen LogP contribution in [0.4, 0.5) is 0 Å². The minimum atomic E-state index is -4.64. The maximum absolute atomic E-state index is 12.9. The molecular formula is C23H22N2O4S2. The van der Waals surface area contributed by atoms with Crippen molar-refractivity contribution in [1.29, 1.82) is 0 Å². The maximum Gasteiger partial charge on any atom is 0.363 e. The number of carbonyl (C=O) groups excluding carboxylic acids is 1. The molecule has 6 nitrogen and oxygen atoms in total. The van der Waals surface area contributed by atoms with Crippen molar-refractivity contribution >= 4 is 28.0 Å². The predicted octanol–water partition coefficient (Wildman–Crippen LogP) is 3.27. The second kappa shape index (κ2) is 8.47. The minimum absolute atomic E-state index is 0.529. The zero-order valence-electron chi connectivity index (χ0n) is 16.8. The van der Waals surface area contributed by atoms with E-state index in [2.05, 4.69) is 5.32 Å². The first kappa shape index (κ1) is 21.6. The summed E-state index contributed by atoms with van der Waals surface area (Å²) in [5, 5.41) is 2.72. The fraction of sp³-hybridized carbons (Fsp3) is 0.174. The van der Waals surface area contributed by atoms with E-state index < -0.39 is 33.2 Å². The summed E-state index contributed by atoms with van der Waals surface area (Å²) in [6, 6.07) is 28.4. The molecule has 2 N–H and O–H groups in total. The van der Waals surface area contributed by atoms with Crippen LogP contribution in [0.15, 0.2) is 91.0 Å². The second-order valence-corrected chi connectivity index (χ2v) is 9.45. The van der Waals surface area contributed by atoms with Crippen LogP contribution in [0.3, 0.4) is 0 Å². The molecule has 31 heavy (non-hydrogen) atoms. The highest BCUT2D eigenvalue weighted by Gasteiger charge is 2.56. The molecule has 4 rings (SSSR count). The van der Waals surface area contributed by atoms with Crippen molar-refractivity contribution in [3.63, 3.8) is 0 Å². The highest BCUT2D eigenvalue weighted by molar-refractivity contribution is 8.00. The van der Waals surface area contributed by atoms with Crippen LogP contribution < -0.4 is 5.32 Å². The number of amides is 1. The molecule has 1 saturated heterocycles. The number of nitrogens with one attached hydrogen (secondary N) is 1. The van der Waals surface area contributed by atoms with Gasteiger partial charge in [-0.2, -0.15) is 12.7 Å². The molecule has 3 aromatic carbocycles. The van der Waals surface area contributed by atoms with Gasteiger partial charge in [-0.3, -0.25) is 14.7 Å². The third-order valence-electron chi connectivity index (χ3n) is 5.48. The third-order valence-corrected chi connectivity index (χ3v) is 7.49. The number of rotatable bonds is 7. The molecule has 160 valence electrons. The Balaban J connectivity index is 1.91. The Morgan fingerprint density at radius 2 is 1.23 bits per heavy atom. The molecule has 1 unspecified atom stereocenters. The molecule has 0 bridgehead atoms. The summed E-state index contributed by atoms with van der Waals surface area (Å²) < 4.78 is 33.5. The largest absolute Gasteiger partial charge is 0.363 e. The van der Waals surface area contributed by atoms with Gasteiger partial charge < -0.3 is 0 Å². The van der Waals surface area contributed by atoms with Crippen LogP contribution in [0.2, 0.25) is 0 Å². The number of carbonyl (C=O) groups is 1. The average molecular weight is 455 g/mol. The van der Waals surface area contributed by atoms with Crippen molar-refractivity contribution in [2.45, 2.75) is 17.0 Å². The van der Waals surface area contributed by atoms with Gasteiger partial charge in [-0.05, 0) is 22.9 Å². The molecule has 0 aliphatic carbocycles. The molecule has 1 aliphatic heterocycles. The summed E-state index contributed by atoms with van der Waals surface area (Å²) in [6.45, 7) is 0. The Morgan fingerprint density at radius 3 is 1.55 bits per heavy atom. The lowest BCUT2D eigenvalue weighted by Crippen LogP contribution is -2.72. The maximum atomic E-state index is 12.9. The van der Waals surface area contributed by atoms with Crippen molar-refractivity contribution in [3.8, 4) is 0 Å². The fourth-order valence-corrected chi connectivity index (χ4v) is 6.16. The number of nitrogens with zero attached hydrogens (tertiary/aromatic N) is 1. The monoisotopic (exact) mass is 454 g/mol. The molecule has 1 heterocycles. The van der Waals surface area contributed by atoms with Gasteiger partial charge in [-0.1, -0.05) is 91.0 Å². The predicted molar refractivity (Wildman–Crippen MR) is 122 cm³/mol. The van der Waals surface area contributed by atoms with E-state index >= 15 is 0 Å². The zero-order valence-corrected chi connectivity index (χ0v) is 18.4. The topological polar surface area (TPSA) is 86.7 Å². The molecule has 1 aliphatic rings. The van der Waals surface area contributed by atoms with Crippen LogP contribution in [-0.2, 0) is 20.6 Å². The summed E-state index contributed by atoms with van der Waals surface area (Å²) in [5.41, 5.74) is 1.81. The lowest BCUT2D eigenvalue weighted by Gasteiger charge is -2.48. The van der Waals surface area contributed by atoms with E-state index in [0.717, 1.165) is 16.7 Å². The molecule has 0 saturated carbocycles. The van der Waals surface area contributed by atoms with Crippen molar-refractivity contribution in [3.05, 3.63) is 108 Å². The van der Waals surface area contributed by atoms with Gasteiger partial charge in [0.05, 0.1) is 5.54 Å². The Kier molecular flexibility index (Phi) is 5.90. The number of thioether (sulfide) groups is 1. The highest BCUT2D eigenvalue weighted by Crippen LogP contribution is 2.41. The van der Waals surface area contributed by atoms with Gasteiger partial charge >= 0.3 is 10.3 Å². The van der Waals surface area contributed by atoms with Gasteiger partial charge in [0.15, 0.2) is 0 Å². The molecule has 1 fully saturated rings. The van der Waals surface area contributed by atoms with E-state index in [1.165, 1.54) is 11.8 Å². The smallest absolute Gasteiger partial charge is 0.286 e. The number of β-lactam (4-membered cyclic amide) rings is 1. The molecular weight excluding hydrogens is 432 g/mol. The van der Waals surface area contributed by atoms with E-state index in [4.69, 9.17) is 0 Å². The quantitative estimate of drug-likeness (QED) is 0.324. The SMILES string of the molecule is CSC1[C@H](NC(c2ccccc2)(c2ccccc2)c2ccccc2)C(=O)N1S(=O)(=O)O. The average Bonchev–Trinajstić information content (AvgIpc) is 2.79. The molecule has 0 spiro atoms. The van der Waals surface area contributed by atoms with Crippen molar-refractivity contribution in [2.75, 3.05) is 6.26 Å². The fourth-order valence-electron chi connectivity index (χ4n) is 4.10. The standard InChI is InChI=1S/C23H22N2O4S2/c1-30-22-20(21(26)25(22)31(27,28)29)24-23(17-11-5-2-6-12-17,18-13-7-3-8-14-18)19-15-9-4-10-16-19/h2-16,20,22,24H,1H3,(H,27,28,29)/t20-,22?/m1/s1. The van der Waals surface area contributed by atoms with Crippen LogP contribution in [0.25, 0.3) is 0 Å². The first-order chi connectivity index (χ1) is 14.9. The van der Waals surface area contributed by atoms with E-state index in [0.29, 0.717) is 4.31 Å². The van der Waals surface area contributed by atoms with Gasteiger partial charge in [0.25, 0.3) is 5.91 Å². The van der Waals surface area contributed by atoms with E-state index in [9.17, 15) is 17.8 Å². The summed E-state index contributed by atoms with van der Waals surface area (Å²) in [4.78, 5) is 12.9. The molecule has 1 amide bonds. The summed E-state index contributed by atoms with van der Waals surface area (Å²) in [6.07, 6.45) is 1.71. The summed E-state index contributed by atoms with van der Waals surface area (Å²) in [7, 11) is -4.64. The highest BCUT2D eigenvalue weighted by atomic mass is 32.2. The summed E-state index contributed by atoms with van der Waals surface area (Å²) >= 11 is 1.19. The Morgan fingerprint density at radius 1 is 0.839 bits per heavy atom. The number of hydrogen-bond acceptors (Lipinski definition) is 5. The van der Waals surface area contributed by atoms with Gasteiger partial charge in [0.1, 0.15) is 11.4 Å². The molecule has 2 atom stereocenters. The lowest BCUT2D eigenvalue weighted by atomic mass is 9.76. The van der Waals surface area contributed by atoms with E-state index in [1.807, 2.05) is 91.0 Å². The van der Waals surface area contributed by atoms with Crippen molar-refractivity contribution in [2.24, 2.45) is 0 Å². The van der Waals surface area contributed by atoms with E-state index in [-0.39, 0.29) is 0 Å².